The van der Waals surface area contributed by atoms with E-state index < -0.39 is 0 Å². The van der Waals surface area contributed by atoms with Gasteiger partial charge in [-0.1, -0.05) is 13.3 Å². The molecule has 1 aliphatic carbocycles. The lowest BCUT2D eigenvalue weighted by atomic mass is 9.92. The highest BCUT2D eigenvalue weighted by Gasteiger charge is 2.33. The Balaban J connectivity index is 2.17. The van der Waals surface area contributed by atoms with E-state index in [1.165, 1.54) is 25.0 Å². The summed E-state index contributed by atoms with van der Waals surface area (Å²) in [6.45, 7) is 6.24. The summed E-state index contributed by atoms with van der Waals surface area (Å²) in [5.74, 6) is 2.24. The van der Waals surface area contributed by atoms with Crippen molar-refractivity contribution in [2.24, 2.45) is 5.92 Å². The van der Waals surface area contributed by atoms with Crippen molar-refractivity contribution in [1.82, 2.24) is 20.0 Å². The van der Waals surface area contributed by atoms with Gasteiger partial charge in [0, 0.05) is 12.5 Å². The van der Waals surface area contributed by atoms with Crippen LogP contribution < -0.4 is 10.1 Å². The first-order chi connectivity index (χ1) is 10.2. The van der Waals surface area contributed by atoms with Crippen molar-refractivity contribution in [3.63, 3.8) is 0 Å². The average molecular weight is 294 g/mol. The quantitative estimate of drug-likeness (QED) is 0.796. The molecule has 0 spiro atoms. The minimum atomic E-state index is 0.573. The molecule has 0 aliphatic heterocycles. The van der Waals surface area contributed by atoms with Crippen LogP contribution in [0, 0.1) is 5.92 Å². The van der Waals surface area contributed by atoms with Gasteiger partial charge < -0.3 is 15.0 Å². The fourth-order valence-electron chi connectivity index (χ4n) is 3.35. The number of nitrogens with zero attached hydrogens (tertiary/aromatic N) is 3. The van der Waals surface area contributed by atoms with Crippen LogP contribution in [-0.4, -0.2) is 55.5 Å². The Morgan fingerprint density at radius 1 is 1.43 bits per heavy atom. The molecule has 1 heterocycles. The van der Waals surface area contributed by atoms with E-state index in [1.807, 2.05) is 6.20 Å². The summed E-state index contributed by atoms with van der Waals surface area (Å²) in [6, 6.07) is 0. The van der Waals surface area contributed by atoms with Gasteiger partial charge in [-0.2, -0.15) is 5.10 Å². The van der Waals surface area contributed by atoms with Crippen LogP contribution in [0.15, 0.2) is 6.20 Å². The molecular formula is C16H30N4O. The maximum absolute atomic E-state index is 5.58. The van der Waals surface area contributed by atoms with Crippen molar-refractivity contribution in [2.75, 3.05) is 40.8 Å². The molecule has 1 aromatic rings. The number of likely N-dealkylation sites (N-methyl/N-ethyl adjacent to an activating group) is 1. The predicted octanol–water partition coefficient (Wildman–Crippen LogP) is 1.95. The summed E-state index contributed by atoms with van der Waals surface area (Å²) < 4.78 is 7.74. The Labute approximate surface area is 128 Å². The Kier molecular flexibility index (Phi) is 6.06. The highest BCUT2D eigenvalue weighted by atomic mass is 16.5. The summed E-state index contributed by atoms with van der Waals surface area (Å²) in [5.41, 5.74) is 1.31. The van der Waals surface area contributed by atoms with Gasteiger partial charge in [0.05, 0.1) is 25.5 Å². The van der Waals surface area contributed by atoms with Crippen molar-refractivity contribution in [2.45, 2.75) is 38.6 Å². The van der Waals surface area contributed by atoms with Crippen molar-refractivity contribution in [3.8, 4) is 5.75 Å². The summed E-state index contributed by atoms with van der Waals surface area (Å²) in [5, 5.41) is 8.07. The zero-order chi connectivity index (χ0) is 15.2. The van der Waals surface area contributed by atoms with E-state index in [9.17, 15) is 0 Å². The smallest absolute Gasteiger partial charge is 0.160 e. The lowest BCUT2D eigenvalue weighted by molar-refractivity contribution is 0.348. The second-order valence-corrected chi connectivity index (χ2v) is 6.23. The average Bonchev–Trinajstić information content (AvgIpc) is 3.08. The highest BCUT2D eigenvalue weighted by molar-refractivity contribution is 5.30. The molecule has 1 aromatic heterocycles. The van der Waals surface area contributed by atoms with E-state index in [2.05, 4.69) is 41.0 Å². The minimum absolute atomic E-state index is 0.573. The molecule has 2 rings (SSSR count). The van der Waals surface area contributed by atoms with Gasteiger partial charge in [-0.3, -0.25) is 4.68 Å². The molecule has 2 atom stereocenters. The Morgan fingerprint density at radius 3 is 2.90 bits per heavy atom. The van der Waals surface area contributed by atoms with Crippen molar-refractivity contribution in [1.29, 1.82) is 0 Å². The second kappa shape index (κ2) is 7.80. The third kappa shape index (κ3) is 3.98. The van der Waals surface area contributed by atoms with E-state index in [0.29, 0.717) is 11.8 Å². The normalized spacial score (nSPS) is 22.1. The molecule has 21 heavy (non-hydrogen) atoms. The van der Waals surface area contributed by atoms with E-state index in [1.54, 1.807) is 7.11 Å². The van der Waals surface area contributed by atoms with E-state index in [-0.39, 0.29) is 0 Å². The van der Waals surface area contributed by atoms with E-state index in [0.717, 1.165) is 31.9 Å². The van der Waals surface area contributed by atoms with Crippen molar-refractivity contribution in [3.05, 3.63) is 11.9 Å². The molecule has 0 saturated heterocycles. The topological polar surface area (TPSA) is 42.3 Å². The molecule has 1 N–H and O–H groups in total. The number of methoxy groups -OCH3 is 1. The first kappa shape index (κ1) is 16.3. The summed E-state index contributed by atoms with van der Waals surface area (Å²) in [4.78, 5) is 2.20. The van der Waals surface area contributed by atoms with Crippen LogP contribution in [0.5, 0.6) is 5.75 Å². The molecule has 0 radical (unpaired) electrons. The highest BCUT2D eigenvalue weighted by Crippen LogP contribution is 2.42. The minimum Gasteiger partial charge on any atom is -0.493 e. The Morgan fingerprint density at radius 2 is 2.24 bits per heavy atom. The zero-order valence-electron chi connectivity index (χ0n) is 13.9. The van der Waals surface area contributed by atoms with Crippen LogP contribution >= 0.6 is 0 Å². The molecule has 1 aliphatic rings. The van der Waals surface area contributed by atoms with E-state index >= 15 is 0 Å². The maximum atomic E-state index is 5.58. The molecule has 1 saturated carbocycles. The first-order valence-electron chi connectivity index (χ1n) is 8.12. The van der Waals surface area contributed by atoms with Gasteiger partial charge in [-0.15, -0.1) is 0 Å². The largest absolute Gasteiger partial charge is 0.493 e. The van der Waals surface area contributed by atoms with Gasteiger partial charge in [-0.05, 0) is 45.9 Å². The molecule has 120 valence electrons. The Hall–Kier alpha value is -1.07. The SMILES string of the molecule is CCNCC1CCCC1c1c(OC)cnn1CCN(C)C. The van der Waals surface area contributed by atoms with Crippen LogP contribution in [0.3, 0.4) is 0 Å². The lowest BCUT2D eigenvalue weighted by Gasteiger charge is -2.22. The number of rotatable bonds is 8. The zero-order valence-corrected chi connectivity index (χ0v) is 13.9. The number of aromatic nitrogens is 2. The lowest BCUT2D eigenvalue weighted by Crippen LogP contribution is -2.26. The molecule has 1 fully saturated rings. The molecule has 0 bridgehead atoms. The third-order valence-corrected chi connectivity index (χ3v) is 4.49. The molecule has 5 nitrogen and oxygen atoms in total. The predicted molar refractivity (Wildman–Crippen MR) is 86.0 cm³/mol. The standard InChI is InChI=1S/C16H30N4O/c1-5-17-11-13-7-6-8-14(13)16-15(21-4)12-18-20(16)10-9-19(2)3/h12-14,17H,5-11H2,1-4H3. The van der Waals surface area contributed by atoms with Crippen LogP contribution in [0.25, 0.3) is 0 Å². The fraction of sp³-hybridized carbons (Fsp3) is 0.812. The van der Waals surface area contributed by atoms with Crippen LogP contribution in [0.2, 0.25) is 0 Å². The van der Waals surface area contributed by atoms with Gasteiger partial charge in [0.2, 0.25) is 0 Å². The van der Waals surface area contributed by atoms with Crippen LogP contribution in [0.4, 0.5) is 0 Å². The van der Waals surface area contributed by atoms with Crippen molar-refractivity contribution < 1.29 is 4.74 Å². The summed E-state index contributed by atoms with van der Waals surface area (Å²) in [7, 11) is 5.96. The number of hydrogen-bond acceptors (Lipinski definition) is 4. The van der Waals surface area contributed by atoms with Gasteiger partial charge >= 0.3 is 0 Å². The summed E-state index contributed by atoms with van der Waals surface area (Å²) in [6.07, 6.45) is 5.75. The van der Waals surface area contributed by atoms with Gasteiger partial charge in [0.15, 0.2) is 5.75 Å². The summed E-state index contributed by atoms with van der Waals surface area (Å²) >= 11 is 0. The molecule has 5 heteroatoms. The van der Waals surface area contributed by atoms with Gasteiger partial charge in [0.25, 0.3) is 0 Å². The van der Waals surface area contributed by atoms with Crippen LogP contribution in [0.1, 0.15) is 37.8 Å². The monoisotopic (exact) mass is 294 g/mol. The molecule has 2 unspecified atom stereocenters. The molecule has 0 aromatic carbocycles. The fourth-order valence-corrected chi connectivity index (χ4v) is 3.35. The maximum Gasteiger partial charge on any atom is 0.160 e. The molecule has 0 amide bonds. The number of nitrogens with one attached hydrogen (secondary N) is 1. The molecular weight excluding hydrogens is 264 g/mol. The van der Waals surface area contributed by atoms with Gasteiger partial charge in [0.1, 0.15) is 0 Å². The van der Waals surface area contributed by atoms with Crippen molar-refractivity contribution >= 4 is 0 Å². The van der Waals surface area contributed by atoms with Gasteiger partial charge in [-0.25, -0.2) is 0 Å². The van der Waals surface area contributed by atoms with E-state index in [4.69, 9.17) is 4.74 Å². The third-order valence-electron chi connectivity index (χ3n) is 4.49. The second-order valence-electron chi connectivity index (χ2n) is 6.23. The Bertz CT molecular complexity index is 430. The number of ether oxygens (including phenoxy) is 1. The van der Waals surface area contributed by atoms with Crippen LogP contribution in [-0.2, 0) is 6.54 Å². The first-order valence-corrected chi connectivity index (χ1v) is 8.12. The number of hydrogen-bond donors (Lipinski definition) is 1.